The number of rotatable bonds is 7. The Labute approximate surface area is 155 Å². The van der Waals surface area contributed by atoms with Crippen LogP contribution in [0.4, 0.5) is 0 Å². The van der Waals surface area contributed by atoms with Crippen LogP contribution in [0.5, 0.6) is 5.75 Å². The fourth-order valence-electron chi connectivity index (χ4n) is 2.51. The van der Waals surface area contributed by atoms with Gasteiger partial charge in [-0.15, -0.1) is 11.3 Å². The number of para-hydroxylation sites is 1. The molecule has 0 aliphatic rings. The van der Waals surface area contributed by atoms with Gasteiger partial charge in [-0.05, 0) is 36.2 Å². The summed E-state index contributed by atoms with van der Waals surface area (Å²) in [6, 6.07) is 14.9. The Hall–Kier alpha value is -1.61. The monoisotopic (exact) mass is 394 g/mol. The highest BCUT2D eigenvalue weighted by Gasteiger charge is 2.23. The lowest BCUT2D eigenvalue weighted by atomic mass is 10.1. The molecule has 0 bridgehead atoms. The number of thiazole rings is 1. The van der Waals surface area contributed by atoms with E-state index in [2.05, 4.69) is 4.98 Å². The molecule has 1 unspecified atom stereocenters. The molecule has 25 heavy (non-hydrogen) atoms. The standard InChI is InChI=1S/C17H18N2O3S3/c1-22-13-8-6-12(7-9-13)16(25(18,20)21)10-11-23-17-19-14-4-2-3-5-15(14)24-17/h2-9,16H,10-11H2,1H3,(H2,18,20,21). The Morgan fingerprint density at radius 2 is 1.92 bits per heavy atom. The van der Waals surface area contributed by atoms with Crippen LogP contribution < -0.4 is 9.88 Å². The minimum atomic E-state index is -3.69. The van der Waals surface area contributed by atoms with Crippen LogP contribution in [0.1, 0.15) is 17.2 Å². The second-order valence-electron chi connectivity index (χ2n) is 5.44. The number of benzene rings is 2. The fraction of sp³-hybridized carbons (Fsp3) is 0.235. The maximum absolute atomic E-state index is 12.0. The Balaban J connectivity index is 1.70. The number of ether oxygens (including phenoxy) is 1. The van der Waals surface area contributed by atoms with Gasteiger partial charge in [0.15, 0.2) is 4.34 Å². The second kappa shape index (κ2) is 7.74. The van der Waals surface area contributed by atoms with E-state index in [1.165, 1.54) is 0 Å². The highest BCUT2D eigenvalue weighted by molar-refractivity contribution is 8.01. The van der Waals surface area contributed by atoms with Crippen LogP contribution in [-0.4, -0.2) is 26.3 Å². The number of hydrogen-bond donors (Lipinski definition) is 1. The molecule has 1 atom stereocenters. The first kappa shape index (κ1) is 18.2. The van der Waals surface area contributed by atoms with E-state index >= 15 is 0 Å². The quantitative estimate of drug-likeness (QED) is 0.616. The van der Waals surface area contributed by atoms with Crippen LogP contribution in [0.25, 0.3) is 10.2 Å². The van der Waals surface area contributed by atoms with E-state index in [0.29, 0.717) is 23.5 Å². The lowest BCUT2D eigenvalue weighted by Gasteiger charge is -2.15. The van der Waals surface area contributed by atoms with Crippen LogP contribution in [0, 0.1) is 0 Å². The van der Waals surface area contributed by atoms with E-state index in [9.17, 15) is 8.42 Å². The number of sulfonamides is 1. The van der Waals surface area contributed by atoms with Crippen LogP contribution in [-0.2, 0) is 10.0 Å². The number of nitrogens with zero attached hydrogens (tertiary/aromatic N) is 1. The SMILES string of the molecule is COc1ccc(C(CCSc2nc3ccccc3s2)S(N)(=O)=O)cc1. The van der Waals surface area contributed by atoms with Crippen molar-refractivity contribution < 1.29 is 13.2 Å². The first-order valence-electron chi connectivity index (χ1n) is 7.61. The Bertz CT molecular complexity index is 920. The molecule has 2 aromatic carbocycles. The fourth-order valence-corrected chi connectivity index (χ4v) is 5.78. The number of thioether (sulfide) groups is 1. The zero-order valence-corrected chi connectivity index (χ0v) is 16.0. The molecule has 1 aromatic heterocycles. The van der Waals surface area contributed by atoms with Gasteiger partial charge < -0.3 is 4.74 Å². The molecule has 8 heteroatoms. The van der Waals surface area contributed by atoms with Crippen LogP contribution >= 0.6 is 23.1 Å². The largest absolute Gasteiger partial charge is 0.497 e. The van der Waals surface area contributed by atoms with Gasteiger partial charge in [0, 0.05) is 5.75 Å². The summed E-state index contributed by atoms with van der Waals surface area (Å²) in [4.78, 5) is 4.55. The van der Waals surface area contributed by atoms with Crippen molar-refractivity contribution in [1.29, 1.82) is 0 Å². The van der Waals surface area contributed by atoms with Gasteiger partial charge in [-0.3, -0.25) is 0 Å². The maximum Gasteiger partial charge on any atom is 0.216 e. The van der Waals surface area contributed by atoms with E-state index in [1.54, 1.807) is 54.5 Å². The smallest absolute Gasteiger partial charge is 0.216 e. The minimum Gasteiger partial charge on any atom is -0.497 e. The maximum atomic E-state index is 12.0. The van der Waals surface area contributed by atoms with Gasteiger partial charge in [0.2, 0.25) is 10.0 Å². The lowest BCUT2D eigenvalue weighted by Crippen LogP contribution is -2.22. The first-order chi connectivity index (χ1) is 12.0. The van der Waals surface area contributed by atoms with Crippen molar-refractivity contribution in [3.05, 3.63) is 54.1 Å². The van der Waals surface area contributed by atoms with Gasteiger partial charge >= 0.3 is 0 Å². The van der Waals surface area contributed by atoms with Crippen molar-refractivity contribution >= 4 is 43.3 Å². The minimum absolute atomic E-state index is 0.422. The Morgan fingerprint density at radius 3 is 2.56 bits per heavy atom. The van der Waals surface area contributed by atoms with Crippen molar-refractivity contribution in [2.24, 2.45) is 5.14 Å². The molecule has 2 N–H and O–H groups in total. The molecule has 0 saturated carbocycles. The summed E-state index contributed by atoms with van der Waals surface area (Å²) < 4.78 is 31.2. The van der Waals surface area contributed by atoms with Gasteiger partial charge in [0.05, 0.1) is 17.3 Å². The highest BCUT2D eigenvalue weighted by Crippen LogP contribution is 2.33. The molecule has 0 amide bonds. The molecule has 0 radical (unpaired) electrons. The third-order valence-corrected chi connectivity index (χ3v) is 7.28. The molecule has 0 aliphatic heterocycles. The van der Waals surface area contributed by atoms with Crippen molar-refractivity contribution in [2.75, 3.05) is 12.9 Å². The summed E-state index contributed by atoms with van der Waals surface area (Å²) in [5.41, 5.74) is 1.64. The summed E-state index contributed by atoms with van der Waals surface area (Å²) in [7, 11) is -2.12. The number of primary sulfonamides is 1. The van der Waals surface area contributed by atoms with E-state index < -0.39 is 15.3 Å². The Kier molecular flexibility index (Phi) is 5.63. The average Bonchev–Trinajstić information content (AvgIpc) is 3.00. The summed E-state index contributed by atoms with van der Waals surface area (Å²) in [6.07, 6.45) is 0.422. The average molecular weight is 395 g/mol. The molecule has 0 saturated heterocycles. The number of methoxy groups -OCH3 is 1. The molecule has 0 spiro atoms. The van der Waals surface area contributed by atoms with Crippen LogP contribution in [0.3, 0.4) is 0 Å². The molecular formula is C17H18N2O3S3. The third kappa shape index (κ3) is 4.52. The van der Waals surface area contributed by atoms with E-state index in [4.69, 9.17) is 9.88 Å². The summed E-state index contributed by atoms with van der Waals surface area (Å²) >= 11 is 3.17. The zero-order chi connectivity index (χ0) is 17.9. The summed E-state index contributed by atoms with van der Waals surface area (Å²) in [5.74, 6) is 1.30. The second-order valence-corrected chi connectivity index (χ2v) is 9.56. The molecule has 5 nitrogen and oxygen atoms in total. The third-order valence-electron chi connectivity index (χ3n) is 3.76. The lowest BCUT2D eigenvalue weighted by molar-refractivity contribution is 0.414. The molecule has 132 valence electrons. The van der Waals surface area contributed by atoms with Crippen molar-refractivity contribution in [3.63, 3.8) is 0 Å². The van der Waals surface area contributed by atoms with Gasteiger partial charge in [0.25, 0.3) is 0 Å². The number of hydrogen-bond acceptors (Lipinski definition) is 6. The zero-order valence-electron chi connectivity index (χ0n) is 13.6. The molecule has 1 heterocycles. The first-order valence-corrected chi connectivity index (χ1v) is 11.0. The molecular weight excluding hydrogens is 376 g/mol. The Morgan fingerprint density at radius 1 is 1.20 bits per heavy atom. The predicted molar refractivity (Wildman–Crippen MR) is 104 cm³/mol. The topological polar surface area (TPSA) is 82.3 Å². The summed E-state index contributed by atoms with van der Waals surface area (Å²) in [5, 5.41) is 4.71. The van der Waals surface area contributed by atoms with Crippen molar-refractivity contribution in [3.8, 4) is 5.75 Å². The van der Waals surface area contributed by atoms with Crippen LogP contribution in [0.15, 0.2) is 52.9 Å². The van der Waals surface area contributed by atoms with E-state index in [1.807, 2.05) is 24.3 Å². The normalized spacial score (nSPS) is 13.0. The van der Waals surface area contributed by atoms with E-state index in [-0.39, 0.29) is 0 Å². The van der Waals surface area contributed by atoms with Crippen LogP contribution in [0.2, 0.25) is 0 Å². The number of nitrogens with two attached hydrogens (primary N) is 1. The number of aromatic nitrogens is 1. The predicted octanol–water partition coefficient (Wildman–Crippen LogP) is 3.82. The van der Waals surface area contributed by atoms with Gasteiger partial charge in [-0.1, -0.05) is 36.0 Å². The molecule has 0 fully saturated rings. The molecule has 0 aliphatic carbocycles. The summed E-state index contributed by atoms with van der Waals surface area (Å²) in [6.45, 7) is 0. The van der Waals surface area contributed by atoms with E-state index in [0.717, 1.165) is 14.6 Å². The van der Waals surface area contributed by atoms with Crippen molar-refractivity contribution in [2.45, 2.75) is 16.0 Å². The van der Waals surface area contributed by atoms with Crippen molar-refractivity contribution in [1.82, 2.24) is 4.98 Å². The molecule has 3 aromatic rings. The highest BCUT2D eigenvalue weighted by atomic mass is 32.2. The molecule has 3 rings (SSSR count). The van der Waals surface area contributed by atoms with Gasteiger partial charge in [-0.2, -0.15) is 0 Å². The number of fused-ring (bicyclic) bond motifs is 1. The van der Waals surface area contributed by atoms with Gasteiger partial charge in [-0.25, -0.2) is 18.5 Å². The van der Waals surface area contributed by atoms with Gasteiger partial charge in [0.1, 0.15) is 11.0 Å².